The molecule has 0 saturated heterocycles. The molecule has 1 aromatic carbocycles. The van der Waals surface area contributed by atoms with Crippen molar-refractivity contribution in [3.63, 3.8) is 0 Å². The molecule has 0 radical (unpaired) electrons. The lowest BCUT2D eigenvalue weighted by Crippen LogP contribution is -2.10. The van der Waals surface area contributed by atoms with Gasteiger partial charge in [0.2, 0.25) is 5.75 Å². The van der Waals surface area contributed by atoms with Crippen LogP contribution in [-0.4, -0.2) is 26.2 Å². The van der Waals surface area contributed by atoms with Crippen molar-refractivity contribution in [2.24, 2.45) is 5.92 Å². The molecule has 0 bridgehead atoms. The first-order valence-electron chi connectivity index (χ1n) is 5.12. The largest absolute Gasteiger partial charge is 0.493 e. The first-order chi connectivity index (χ1) is 7.72. The second-order valence-corrected chi connectivity index (χ2v) is 4.21. The van der Waals surface area contributed by atoms with Crippen LogP contribution in [0, 0.1) is 5.92 Å². The summed E-state index contributed by atoms with van der Waals surface area (Å²) in [6.45, 7) is 2.73. The average molecular weight is 289 g/mol. The summed E-state index contributed by atoms with van der Waals surface area (Å²) < 4.78 is 16.2. The SMILES string of the molecule is COc1cccc(OC)c1OCC(C)CBr. The van der Waals surface area contributed by atoms with Crippen molar-refractivity contribution < 1.29 is 14.2 Å². The number of alkyl halides is 1. The van der Waals surface area contributed by atoms with E-state index >= 15 is 0 Å². The van der Waals surface area contributed by atoms with E-state index in [2.05, 4.69) is 22.9 Å². The predicted molar refractivity (Wildman–Crippen MR) is 68.0 cm³/mol. The summed E-state index contributed by atoms with van der Waals surface area (Å²) in [6, 6.07) is 5.59. The highest BCUT2D eigenvalue weighted by atomic mass is 79.9. The summed E-state index contributed by atoms with van der Waals surface area (Å²) in [7, 11) is 3.24. The van der Waals surface area contributed by atoms with E-state index in [0.29, 0.717) is 29.8 Å². The molecule has 1 unspecified atom stereocenters. The van der Waals surface area contributed by atoms with Crippen molar-refractivity contribution in [1.82, 2.24) is 0 Å². The van der Waals surface area contributed by atoms with E-state index < -0.39 is 0 Å². The highest BCUT2D eigenvalue weighted by Gasteiger charge is 2.12. The van der Waals surface area contributed by atoms with Crippen molar-refractivity contribution in [3.8, 4) is 17.2 Å². The van der Waals surface area contributed by atoms with Gasteiger partial charge in [-0.2, -0.15) is 0 Å². The molecule has 1 rings (SSSR count). The van der Waals surface area contributed by atoms with E-state index in [0.717, 1.165) is 5.33 Å². The second kappa shape index (κ2) is 6.63. The summed E-state index contributed by atoms with van der Waals surface area (Å²) in [5, 5.41) is 0.907. The Morgan fingerprint density at radius 2 is 1.75 bits per heavy atom. The monoisotopic (exact) mass is 288 g/mol. The van der Waals surface area contributed by atoms with Crippen LogP contribution in [0.5, 0.6) is 17.2 Å². The van der Waals surface area contributed by atoms with Crippen molar-refractivity contribution in [2.75, 3.05) is 26.2 Å². The normalized spacial score (nSPS) is 12.0. The van der Waals surface area contributed by atoms with Gasteiger partial charge in [-0.05, 0) is 18.1 Å². The van der Waals surface area contributed by atoms with Gasteiger partial charge in [0.25, 0.3) is 0 Å². The first-order valence-corrected chi connectivity index (χ1v) is 6.24. The molecular formula is C12H17BrO3. The van der Waals surface area contributed by atoms with Gasteiger partial charge in [-0.25, -0.2) is 0 Å². The van der Waals surface area contributed by atoms with Gasteiger partial charge in [0, 0.05) is 5.33 Å². The van der Waals surface area contributed by atoms with Crippen molar-refractivity contribution in [2.45, 2.75) is 6.92 Å². The van der Waals surface area contributed by atoms with Crippen molar-refractivity contribution in [1.29, 1.82) is 0 Å². The molecule has 0 aliphatic carbocycles. The summed E-state index contributed by atoms with van der Waals surface area (Å²) in [5.74, 6) is 2.50. The molecule has 0 aromatic heterocycles. The zero-order valence-corrected chi connectivity index (χ0v) is 11.4. The topological polar surface area (TPSA) is 27.7 Å². The maximum absolute atomic E-state index is 5.72. The predicted octanol–water partition coefficient (Wildman–Crippen LogP) is 3.11. The van der Waals surface area contributed by atoms with Gasteiger partial charge in [0.1, 0.15) is 0 Å². The van der Waals surface area contributed by atoms with E-state index in [9.17, 15) is 0 Å². The summed E-state index contributed by atoms with van der Waals surface area (Å²) in [4.78, 5) is 0. The molecule has 0 amide bonds. The van der Waals surface area contributed by atoms with Gasteiger partial charge in [-0.3, -0.25) is 0 Å². The van der Waals surface area contributed by atoms with Crippen molar-refractivity contribution >= 4 is 15.9 Å². The molecular weight excluding hydrogens is 272 g/mol. The van der Waals surface area contributed by atoms with Crippen LogP contribution in [0.3, 0.4) is 0 Å². The molecule has 3 nitrogen and oxygen atoms in total. The molecule has 0 fully saturated rings. The van der Waals surface area contributed by atoms with Gasteiger partial charge < -0.3 is 14.2 Å². The fraction of sp³-hybridized carbons (Fsp3) is 0.500. The molecule has 0 N–H and O–H groups in total. The Morgan fingerprint density at radius 3 is 2.19 bits per heavy atom. The molecule has 1 atom stereocenters. The second-order valence-electron chi connectivity index (χ2n) is 3.56. The van der Waals surface area contributed by atoms with Crippen LogP contribution in [0.4, 0.5) is 0 Å². The summed E-state index contributed by atoms with van der Waals surface area (Å²) in [5.41, 5.74) is 0. The first kappa shape index (κ1) is 13.2. The molecule has 0 heterocycles. The van der Waals surface area contributed by atoms with Crippen molar-refractivity contribution in [3.05, 3.63) is 18.2 Å². The number of halogens is 1. The zero-order valence-electron chi connectivity index (χ0n) is 9.83. The van der Waals surface area contributed by atoms with Crippen LogP contribution in [0.25, 0.3) is 0 Å². The Labute approximate surface area is 105 Å². The van der Waals surface area contributed by atoms with Crippen LogP contribution in [0.15, 0.2) is 18.2 Å². The fourth-order valence-corrected chi connectivity index (χ4v) is 1.42. The average Bonchev–Trinajstić information content (AvgIpc) is 2.35. The number of ether oxygens (including phenoxy) is 3. The highest BCUT2D eigenvalue weighted by Crippen LogP contribution is 2.36. The van der Waals surface area contributed by atoms with Crippen LogP contribution in [-0.2, 0) is 0 Å². The number of hydrogen-bond acceptors (Lipinski definition) is 3. The molecule has 16 heavy (non-hydrogen) atoms. The van der Waals surface area contributed by atoms with E-state index in [1.54, 1.807) is 14.2 Å². The smallest absolute Gasteiger partial charge is 0.203 e. The van der Waals surface area contributed by atoms with Gasteiger partial charge in [0.15, 0.2) is 11.5 Å². The number of benzene rings is 1. The molecule has 4 heteroatoms. The Bertz CT molecular complexity index is 306. The maximum Gasteiger partial charge on any atom is 0.203 e. The fourth-order valence-electron chi connectivity index (χ4n) is 1.23. The van der Waals surface area contributed by atoms with Gasteiger partial charge in [-0.1, -0.05) is 28.9 Å². The summed E-state index contributed by atoms with van der Waals surface area (Å²) in [6.07, 6.45) is 0. The van der Waals surface area contributed by atoms with Crippen LogP contribution < -0.4 is 14.2 Å². The molecule has 0 saturated carbocycles. The number of methoxy groups -OCH3 is 2. The number of para-hydroxylation sites is 1. The zero-order chi connectivity index (χ0) is 12.0. The lowest BCUT2D eigenvalue weighted by Gasteiger charge is -2.15. The van der Waals surface area contributed by atoms with Crippen LogP contribution in [0.2, 0.25) is 0 Å². The van der Waals surface area contributed by atoms with Crippen LogP contribution >= 0.6 is 15.9 Å². The maximum atomic E-state index is 5.72. The minimum absolute atomic E-state index is 0.439. The lowest BCUT2D eigenvalue weighted by atomic mass is 10.2. The Balaban J connectivity index is 2.82. The third-order valence-electron chi connectivity index (χ3n) is 2.16. The summed E-state index contributed by atoms with van der Waals surface area (Å²) >= 11 is 3.42. The standard InChI is InChI=1S/C12H17BrO3/c1-9(7-13)8-16-12-10(14-2)5-4-6-11(12)15-3/h4-6,9H,7-8H2,1-3H3. The number of hydrogen-bond donors (Lipinski definition) is 0. The quantitative estimate of drug-likeness (QED) is 0.753. The third kappa shape index (κ3) is 3.30. The molecule has 0 aliphatic rings. The lowest BCUT2D eigenvalue weighted by molar-refractivity contribution is 0.245. The van der Waals surface area contributed by atoms with E-state index in [1.807, 2.05) is 18.2 Å². The van der Waals surface area contributed by atoms with E-state index in [4.69, 9.17) is 14.2 Å². The number of rotatable bonds is 6. The third-order valence-corrected chi connectivity index (χ3v) is 3.26. The molecule has 0 aliphatic heterocycles. The molecule has 1 aromatic rings. The van der Waals surface area contributed by atoms with Gasteiger partial charge >= 0.3 is 0 Å². The Kier molecular flexibility index (Phi) is 5.46. The minimum atomic E-state index is 0.439. The minimum Gasteiger partial charge on any atom is -0.493 e. The van der Waals surface area contributed by atoms with E-state index in [-0.39, 0.29) is 0 Å². The van der Waals surface area contributed by atoms with Crippen LogP contribution in [0.1, 0.15) is 6.92 Å². The highest BCUT2D eigenvalue weighted by molar-refractivity contribution is 9.09. The molecule has 90 valence electrons. The van der Waals surface area contributed by atoms with E-state index in [1.165, 1.54) is 0 Å². The Morgan fingerprint density at radius 1 is 1.19 bits per heavy atom. The van der Waals surface area contributed by atoms with Gasteiger partial charge in [-0.15, -0.1) is 0 Å². The Hall–Kier alpha value is -0.900. The van der Waals surface area contributed by atoms with Gasteiger partial charge in [0.05, 0.1) is 20.8 Å². The molecule has 0 spiro atoms.